The van der Waals surface area contributed by atoms with Gasteiger partial charge in [0.05, 0.1) is 15.9 Å². The molecule has 4 aliphatic rings. The van der Waals surface area contributed by atoms with Crippen molar-refractivity contribution in [2.45, 2.75) is 119 Å². The van der Waals surface area contributed by atoms with E-state index in [1.807, 2.05) is 12.2 Å². The van der Waals surface area contributed by atoms with Crippen LogP contribution in [0, 0.1) is 23.5 Å². The van der Waals surface area contributed by atoms with Crippen molar-refractivity contribution in [1.29, 1.82) is 0 Å². The van der Waals surface area contributed by atoms with Crippen LogP contribution in [0.4, 0.5) is 70.2 Å². The van der Waals surface area contributed by atoms with Gasteiger partial charge in [0.2, 0.25) is 11.8 Å². The minimum absolute atomic E-state index is 0.0562. The van der Waals surface area contributed by atoms with Crippen LogP contribution in [0.5, 0.6) is 0 Å². The van der Waals surface area contributed by atoms with Crippen molar-refractivity contribution in [3.05, 3.63) is 143 Å². The highest BCUT2D eigenvalue weighted by Crippen LogP contribution is 2.56. The van der Waals surface area contributed by atoms with Crippen LogP contribution >= 0.6 is 0 Å². The van der Waals surface area contributed by atoms with E-state index in [1.54, 1.807) is 0 Å². The van der Waals surface area contributed by atoms with Crippen LogP contribution in [0.25, 0.3) is 0 Å². The number of benzene rings is 4. The molecule has 3 atom stereocenters. The zero-order chi connectivity index (χ0) is 58.6. The van der Waals surface area contributed by atoms with Gasteiger partial charge in [0.15, 0.2) is 19.7 Å². The minimum atomic E-state index is -6.35. The van der Waals surface area contributed by atoms with E-state index in [1.165, 1.54) is 9.80 Å². The zero-order valence-corrected chi connectivity index (χ0v) is 42.6. The summed E-state index contributed by atoms with van der Waals surface area (Å²) in [6.07, 6.45) is -19.6. The number of carbonyl (C=O) groups is 2. The first-order valence-corrected chi connectivity index (χ1v) is 27.2. The molecule has 432 valence electrons. The number of allylic oxidation sites excluding steroid dienone is 2. The van der Waals surface area contributed by atoms with Gasteiger partial charge in [-0.05, 0) is 117 Å². The third kappa shape index (κ3) is 11.0. The first kappa shape index (κ1) is 60.9. The van der Waals surface area contributed by atoms with Crippen molar-refractivity contribution < 1.29 is 102 Å². The number of sulfone groups is 2. The van der Waals surface area contributed by atoms with Crippen LogP contribution < -0.4 is 0 Å². The number of rotatable bonds is 10. The second-order valence-corrected chi connectivity index (χ2v) is 24.4. The highest BCUT2D eigenvalue weighted by Gasteiger charge is 2.74. The Morgan fingerprint density at radius 1 is 0.468 bits per heavy atom. The maximum absolute atomic E-state index is 14.6. The number of halogens is 16. The third-order valence-electron chi connectivity index (χ3n) is 15.2. The fourth-order valence-electron chi connectivity index (χ4n) is 10.7. The van der Waals surface area contributed by atoms with Gasteiger partial charge in [-0.25, -0.2) is 34.4 Å². The van der Waals surface area contributed by atoms with Gasteiger partial charge in [-0.1, -0.05) is 60.7 Å². The largest absolute Gasteiger partial charge is 0.435 e. The van der Waals surface area contributed by atoms with Crippen LogP contribution in [0.15, 0.2) is 119 Å². The number of nitrogens with zero attached hydrogens (tertiary/aromatic N) is 2. The molecule has 4 aromatic rings. The van der Waals surface area contributed by atoms with Crippen molar-refractivity contribution in [3.63, 3.8) is 0 Å². The smallest absolute Gasteiger partial charge is 0.393 e. The Labute approximate surface area is 442 Å². The molecule has 79 heavy (non-hydrogen) atoms. The third-order valence-corrected chi connectivity index (χ3v) is 20.2. The topological polar surface area (TPSA) is 129 Å². The molecule has 2 heterocycles. The summed E-state index contributed by atoms with van der Waals surface area (Å²) in [6, 6.07) is 11.2. The summed E-state index contributed by atoms with van der Waals surface area (Å²) in [7, 11) is -9.01. The van der Waals surface area contributed by atoms with Crippen LogP contribution in [0.3, 0.4) is 0 Å². The lowest BCUT2D eigenvalue weighted by atomic mass is 9.86. The van der Waals surface area contributed by atoms with E-state index >= 15 is 0 Å². The molecule has 27 heteroatoms. The molecule has 2 aliphatic carbocycles. The molecule has 2 aliphatic heterocycles. The summed E-state index contributed by atoms with van der Waals surface area (Å²) >= 11 is 0. The summed E-state index contributed by atoms with van der Waals surface area (Å²) in [4.78, 5) is 28.3. The van der Waals surface area contributed by atoms with Gasteiger partial charge in [0.25, 0.3) is 0 Å². The van der Waals surface area contributed by atoms with Gasteiger partial charge in [-0.15, -0.1) is 0 Å². The first-order chi connectivity index (χ1) is 36.5. The summed E-state index contributed by atoms with van der Waals surface area (Å²) < 4.78 is 267. The lowest BCUT2D eigenvalue weighted by molar-refractivity contribution is -0.349. The van der Waals surface area contributed by atoms with Crippen molar-refractivity contribution in [2.24, 2.45) is 11.8 Å². The molecule has 2 saturated heterocycles. The van der Waals surface area contributed by atoms with E-state index in [4.69, 9.17) is 0 Å². The van der Waals surface area contributed by atoms with Crippen molar-refractivity contribution in [1.82, 2.24) is 9.80 Å². The zero-order valence-electron chi connectivity index (χ0n) is 41.0. The van der Waals surface area contributed by atoms with E-state index in [0.29, 0.717) is 69.2 Å². The fourth-order valence-corrected chi connectivity index (χ4v) is 14.8. The Morgan fingerprint density at radius 2 is 0.810 bits per heavy atom. The van der Waals surface area contributed by atoms with Crippen molar-refractivity contribution in [2.75, 3.05) is 26.2 Å². The van der Waals surface area contributed by atoms with Crippen LogP contribution in [0.1, 0.15) is 80.0 Å². The standard InChI is InChI=1S/C26H25F8NO4S.C26H23F8NO3S/c27-19-7-11-21(12-8-19)40(38,39)23(13-14-35(15-23)22(37)16-1-9-20(36)10-2-16)17-3-5-18(6-4-17)24(28,25(29,30)31)26(32,33)34;27-20-10-12-21(13-11-20)39(37,38)23(14-15-35(16-23)22(36)17-4-2-1-3-5-17)18-6-8-19(9-7-18)24(28,25(29,30)31)26(32,33)34/h3-8,11-12,16,20,36H,1-2,9-10,13-15H2;1-2,6-13,17H,3-5,14-16H2/t16?,20?,23-;17?,23-/m00/s1. The van der Waals surface area contributed by atoms with Gasteiger partial charge >= 0.3 is 36.0 Å². The normalized spacial score (nSPS) is 23.8. The predicted molar refractivity (Wildman–Crippen MR) is 250 cm³/mol. The summed E-state index contributed by atoms with van der Waals surface area (Å²) in [5.41, 5.74) is -15.4. The molecular weight excluding hydrogens is 1130 g/mol. The van der Waals surface area contributed by atoms with Crippen LogP contribution in [-0.2, 0) is 50.1 Å². The molecule has 0 bridgehead atoms. The monoisotopic (exact) mass is 1180 g/mol. The van der Waals surface area contributed by atoms with E-state index < -0.39 is 125 Å². The quantitative estimate of drug-likeness (QED) is 0.0951. The second kappa shape index (κ2) is 21.6. The molecule has 4 aromatic carbocycles. The summed E-state index contributed by atoms with van der Waals surface area (Å²) in [5, 5.41) is 9.74. The van der Waals surface area contributed by atoms with Crippen molar-refractivity contribution >= 4 is 31.5 Å². The number of amides is 2. The maximum atomic E-state index is 14.6. The molecule has 0 aromatic heterocycles. The SMILES string of the molecule is O=C(C1CC=CCC1)N1CC[C@](c2ccc(C(F)(C(F)(F)F)C(F)(F)F)cc2)(S(=O)(=O)c2ccc(F)cc2)C1.O=C(C1CCC(O)CC1)N1CC[C@](c2ccc(C(F)(C(F)(F)F)C(F)(F)F)cc2)(S(=O)(=O)c2ccc(F)cc2)C1. The maximum Gasteiger partial charge on any atom is 0.435 e. The predicted octanol–water partition coefficient (Wildman–Crippen LogP) is 11.9. The van der Waals surface area contributed by atoms with Gasteiger partial charge in [-0.3, -0.25) is 9.59 Å². The van der Waals surface area contributed by atoms with Gasteiger partial charge in [-0.2, -0.15) is 52.7 Å². The first-order valence-electron chi connectivity index (χ1n) is 24.3. The number of hydrogen-bond donors (Lipinski definition) is 1. The number of aliphatic hydroxyl groups is 1. The summed E-state index contributed by atoms with van der Waals surface area (Å²) in [6.45, 7) is -1.08. The summed E-state index contributed by atoms with van der Waals surface area (Å²) in [5.74, 6) is -3.12. The molecule has 1 unspecified atom stereocenters. The Bertz CT molecular complexity index is 3080. The van der Waals surface area contributed by atoms with Crippen LogP contribution in [0.2, 0.25) is 0 Å². The average Bonchev–Trinajstić information content (AvgIpc) is 4.30. The Morgan fingerprint density at radius 3 is 1.13 bits per heavy atom. The second-order valence-electron chi connectivity index (χ2n) is 19.9. The molecule has 2 amide bonds. The average molecular weight is 1180 g/mol. The van der Waals surface area contributed by atoms with E-state index in [0.717, 1.165) is 48.5 Å². The highest BCUT2D eigenvalue weighted by atomic mass is 32.2. The van der Waals surface area contributed by atoms with E-state index in [9.17, 15) is 102 Å². The van der Waals surface area contributed by atoms with Crippen LogP contribution in [-0.4, -0.2) is 101 Å². The number of aliphatic hydroxyl groups excluding tert-OH is 1. The molecule has 3 fully saturated rings. The highest BCUT2D eigenvalue weighted by molar-refractivity contribution is 7.92. The Balaban J connectivity index is 0.000000229. The number of alkyl halides is 14. The number of hydrogen-bond acceptors (Lipinski definition) is 7. The molecule has 0 radical (unpaired) electrons. The van der Waals surface area contributed by atoms with E-state index in [-0.39, 0.29) is 77.0 Å². The number of carbonyl (C=O) groups excluding carboxylic acids is 2. The molecule has 1 N–H and O–H groups in total. The molecule has 1 saturated carbocycles. The van der Waals surface area contributed by atoms with Crippen molar-refractivity contribution in [3.8, 4) is 0 Å². The van der Waals surface area contributed by atoms with Gasteiger partial charge in [0, 0.05) is 49.1 Å². The molecule has 0 spiro atoms. The lowest BCUT2D eigenvalue weighted by Gasteiger charge is -2.33. The minimum Gasteiger partial charge on any atom is -0.393 e. The Kier molecular flexibility index (Phi) is 16.7. The fraction of sp³-hybridized carbons (Fsp3) is 0.462. The number of likely N-dealkylation sites (tertiary alicyclic amines) is 2. The Hall–Kier alpha value is -5.70. The van der Waals surface area contributed by atoms with Gasteiger partial charge in [0.1, 0.15) is 21.1 Å². The van der Waals surface area contributed by atoms with E-state index in [2.05, 4.69) is 0 Å². The molecular formula is C52H48F16N2O7S2. The molecule has 9 nitrogen and oxygen atoms in total. The lowest BCUT2D eigenvalue weighted by Crippen LogP contribution is -2.50. The molecule has 8 rings (SSSR count). The van der Waals surface area contributed by atoms with Gasteiger partial charge < -0.3 is 14.9 Å².